The molecule has 2 N–H and O–H groups in total. The van der Waals surface area contributed by atoms with Crippen LogP contribution in [0.4, 0.5) is 0 Å². The lowest BCUT2D eigenvalue weighted by atomic mass is 10.1. The fraction of sp³-hybridized carbons (Fsp3) is 0.263. The quantitative estimate of drug-likeness (QED) is 0.587. The van der Waals surface area contributed by atoms with E-state index in [9.17, 15) is 9.90 Å². The number of aromatic nitrogens is 3. The molecule has 8 nitrogen and oxygen atoms in total. The Bertz CT molecular complexity index is 839. The number of amides is 1. The zero-order valence-corrected chi connectivity index (χ0v) is 14.6. The fourth-order valence-electron chi connectivity index (χ4n) is 2.49. The summed E-state index contributed by atoms with van der Waals surface area (Å²) in [6, 6.07) is 12.9. The number of pyridine rings is 1. The average molecular weight is 368 g/mol. The number of aliphatic hydroxyl groups excluding tert-OH is 1. The minimum absolute atomic E-state index is 0.0170. The maximum absolute atomic E-state index is 12.0. The van der Waals surface area contributed by atoms with Gasteiger partial charge in [-0.25, -0.2) is 0 Å². The predicted molar refractivity (Wildman–Crippen MR) is 96.3 cm³/mol. The van der Waals surface area contributed by atoms with Crippen molar-refractivity contribution in [3.05, 3.63) is 66.3 Å². The second-order valence-corrected chi connectivity index (χ2v) is 5.88. The van der Waals surface area contributed by atoms with Crippen LogP contribution in [0.5, 0.6) is 0 Å². The van der Waals surface area contributed by atoms with Crippen molar-refractivity contribution in [3.63, 3.8) is 0 Å². The Morgan fingerprint density at radius 3 is 2.81 bits per heavy atom. The summed E-state index contributed by atoms with van der Waals surface area (Å²) in [5.41, 5.74) is 1.77. The molecule has 0 saturated heterocycles. The van der Waals surface area contributed by atoms with Crippen molar-refractivity contribution in [2.24, 2.45) is 0 Å². The van der Waals surface area contributed by atoms with Crippen molar-refractivity contribution < 1.29 is 19.2 Å². The second kappa shape index (κ2) is 9.56. The van der Waals surface area contributed by atoms with Gasteiger partial charge in [-0.05, 0) is 24.1 Å². The van der Waals surface area contributed by atoms with E-state index in [-0.39, 0.29) is 37.7 Å². The number of hydrogen-bond donors (Lipinski definition) is 2. The van der Waals surface area contributed by atoms with Crippen LogP contribution in [0.2, 0.25) is 0 Å². The van der Waals surface area contributed by atoms with Crippen molar-refractivity contribution in [2.45, 2.75) is 19.1 Å². The number of nitrogens with one attached hydrogen (secondary N) is 1. The second-order valence-electron chi connectivity index (χ2n) is 5.88. The summed E-state index contributed by atoms with van der Waals surface area (Å²) in [4.78, 5) is 20.2. The molecular formula is C19H20N4O4. The van der Waals surface area contributed by atoms with Crippen LogP contribution in [-0.4, -0.2) is 45.4 Å². The molecule has 2 heterocycles. The van der Waals surface area contributed by atoms with Gasteiger partial charge in [0, 0.05) is 18.0 Å². The SMILES string of the molecule is O=C(COCc1nc(-c2cccnc2)no1)NC(CO)Cc1ccccc1. The fourth-order valence-corrected chi connectivity index (χ4v) is 2.49. The van der Waals surface area contributed by atoms with E-state index in [0.29, 0.717) is 12.2 Å². The molecule has 0 radical (unpaired) electrons. The van der Waals surface area contributed by atoms with E-state index < -0.39 is 0 Å². The van der Waals surface area contributed by atoms with Crippen molar-refractivity contribution in [2.75, 3.05) is 13.2 Å². The first-order valence-electron chi connectivity index (χ1n) is 8.49. The Morgan fingerprint density at radius 2 is 2.07 bits per heavy atom. The first-order valence-corrected chi connectivity index (χ1v) is 8.49. The first kappa shape index (κ1) is 18.7. The van der Waals surface area contributed by atoms with Gasteiger partial charge in [0.2, 0.25) is 11.7 Å². The third kappa shape index (κ3) is 5.70. The van der Waals surface area contributed by atoms with Gasteiger partial charge in [-0.2, -0.15) is 4.98 Å². The maximum atomic E-state index is 12.0. The van der Waals surface area contributed by atoms with Crippen LogP contribution in [0.3, 0.4) is 0 Å². The van der Waals surface area contributed by atoms with Gasteiger partial charge in [0.1, 0.15) is 13.2 Å². The molecule has 1 amide bonds. The third-order valence-electron chi connectivity index (χ3n) is 3.76. The zero-order valence-electron chi connectivity index (χ0n) is 14.6. The highest BCUT2D eigenvalue weighted by Gasteiger charge is 2.13. The first-order chi connectivity index (χ1) is 13.2. The highest BCUT2D eigenvalue weighted by atomic mass is 16.5. The predicted octanol–water partition coefficient (Wildman–Crippen LogP) is 1.37. The molecule has 140 valence electrons. The zero-order chi connectivity index (χ0) is 18.9. The maximum Gasteiger partial charge on any atom is 0.252 e. The number of carbonyl (C=O) groups is 1. The molecule has 2 aromatic heterocycles. The Morgan fingerprint density at radius 1 is 1.22 bits per heavy atom. The molecule has 3 aromatic rings. The minimum atomic E-state index is -0.371. The molecule has 8 heteroatoms. The topological polar surface area (TPSA) is 110 Å². The summed E-state index contributed by atoms with van der Waals surface area (Å²) in [5.74, 6) is 0.357. The molecule has 0 spiro atoms. The van der Waals surface area contributed by atoms with Gasteiger partial charge in [-0.1, -0.05) is 35.5 Å². The summed E-state index contributed by atoms with van der Waals surface area (Å²) in [6.45, 7) is -0.308. The average Bonchev–Trinajstić information content (AvgIpc) is 3.18. The number of benzene rings is 1. The Kier molecular flexibility index (Phi) is 6.61. The van der Waals surface area contributed by atoms with E-state index in [0.717, 1.165) is 11.1 Å². The molecular weight excluding hydrogens is 348 g/mol. The van der Waals surface area contributed by atoms with Gasteiger partial charge < -0.3 is 19.7 Å². The van der Waals surface area contributed by atoms with Crippen molar-refractivity contribution in [1.82, 2.24) is 20.4 Å². The minimum Gasteiger partial charge on any atom is -0.394 e. The van der Waals surface area contributed by atoms with E-state index in [2.05, 4.69) is 20.4 Å². The molecule has 0 aliphatic rings. The van der Waals surface area contributed by atoms with Crippen molar-refractivity contribution in [1.29, 1.82) is 0 Å². The van der Waals surface area contributed by atoms with Gasteiger partial charge in [0.05, 0.1) is 12.6 Å². The summed E-state index contributed by atoms with van der Waals surface area (Å²) >= 11 is 0. The Labute approximate surface area is 156 Å². The lowest BCUT2D eigenvalue weighted by molar-refractivity contribution is -0.127. The highest BCUT2D eigenvalue weighted by Crippen LogP contribution is 2.13. The number of carbonyl (C=O) groups excluding carboxylic acids is 1. The molecule has 1 unspecified atom stereocenters. The number of nitrogens with zero attached hydrogens (tertiary/aromatic N) is 3. The molecule has 0 aliphatic heterocycles. The molecule has 0 saturated carbocycles. The van der Waals surface area contributed by atoms with Crippen LogP contribution in [0.15, 0.2) is 59.4 Å². The lowest BCUT2D eigenvalue weighted by Gasteiger charge is -2.16. The van der Waals surface area contributed by atoms with Crippen LogP contribution < -0.4 is 5.32 Å². The Hall–Kier alpha value is -3.10. The summed E-state index contributed by atoms with van der Waals surface area (Å²) in [7, 11) is 0. The van der Waals surface area contributed by atoms with Crippen LogP contribution >= 0.6 is 0 Å². The molecule has 0 aliphatic carbocycles. The Balaban J connectivity index is 1.43. The standard InChI is InChI=1S/C19H20N4O4/c24-11-16(9-14-5-2-1-3-6-14)21-17(25)12-26-13-18-22-19(23-27-18)15-7-4-8-20-10-15/h1-8,10,16,24H,9,11-13H2,(H,21,25). The smallest absolute Gasteiger partial charge is 0.252 e. The van der Waals surface area contributed by atoms with Gasteiger partial charge in [-0.3, -0.25) is 9.78 Å². The van der Waals surface area contributed by atoms with Crippen LogP contribution in [-0.2, 0) is 22.6 Å². The lowest BCUT2D eigenvalue weighted by Crippen LogP contribution is -2.40. The molecule has 1 aromatic carbocycles. The highest BCUT2D eigenvalue weighted by molar-refractivity contribution is 5.77. The van der Waals surface area contributed by atoms with Crippen molar-refractivity contribution in [3.8, 4) is 11.4 Å². The van der Waals surface area contributed by atoms with Gasteiger partial charge in [0.15, 0.2) is 0 Å². The molecule has 0 bridgehead atoms. The molecule has 3 rings (SSSR count). The van der Waals surface area contributed by atoms with E-state index in [1.165, 1.54) is 0 Å². The van der Waals surface area contributed by atoms with E-state index in [1.807, 2.05) is 36.4 Å². The molecule has 0 fully saturated rings. The number of aliphatic hydroxyl groups is 1. The monoisotopic (exact) mass is 368 g/mol. The van der Waals surface area contributed by atoms with E-state index in [4.69, 9.17) is 9.26 Å². The summed E-state index contributed by atoms with van der Waals surface area (Å²) in [5, 5.41) is 16.1. The van der Waals surface area contributed by atoms with Crippen molar-refractivity contribution >= 4 is 5.91 Å². The summed E-state index contributed by atoms with van der Waals surface area (Å²) < 4.78 is 10.4. The third-order valence-corrected chi connectivity index (χ3v) is 3.76. The molecule has 27 heavy (non-hydrogen) atoms. The number of ether oxygens (including phenoxy) is 1. The summed E-state index contributed by atoms with van der Waals surface area (Å²) in [6.07, 6.45) is 3.83. The van der Waals surface area contributed by atoms with Gasteiger partial charge >= 0.3 is 0 Å². The van der Waals surface area contributed by atoms with Crippen LogP contribution in [0.1, 0.15) is 11.5 Å². The number of rotatable bonds is 9. The van der Waals surface area contributed by atoms with Crippen LogP contribution in [0, 0.1) is 0 Å². The van der Waals surface area contributed by atoms with Gasteiger partial charge in [0.25, 0.3) is 5.89 Å². The molecule has 1 atom stereocenters. The van der Waals surface area contributed by atoms with Gasteiger partial charge in [-0.15, -0.1) is 0 Å². The normalized spacial score (nSPS) is 11.9. The van der Waals surface area contributed by atoms with Crippen LogP contribution in [0.25, 0.3) is 11.4 Å². The van der Waals surface area contributed by atoms with E-state index in [1.54, 1.807) is 18.5 Å². The number of hydrogen-bond acceptors (Lipinski definition) is 7. The van der Waals surface area contributed by atoms with E-state index >= 15 is 0 Å². The largest absolute Gasteiger partial charge is 0.394 e.